The predicted molar refractivity (Wildman–Crippen MR) is 118 cm³/mol. The number of fused-ring (bicyclic) bond motifs is 1. The fraction of sp³-hybridized carbons (Fsp3) is 0.478. The lowest BCUT2D eigenvalue weighted by atomic mass is 9.93. The first-order chi connectivity index (χ1) is 15.1. The Morgan fingerprint density at radius 3 is 2.87 bits per heavy atom. The van der Waals surface area contributed by atoms with Crippen molar-refractivity contribution in [2.24, 2.45) is 5.92 Å². The van der Waals surface area contributed by atoms with E-state index < -0.39 is 0 Å². The zero-order chi connectivity index (χ0) is 21.4. The summed E-state index contributed by atoms with van der Waals surface area (Å²) in [6.45, 7) is 1.54. The van der Waals surface area contributed by atoms with Gasteiger partial charge in [-0.15, -0.1) is 11.3 Å². The number of nitrogens with one attached hydrogen (secondary N) is 1. The smallest absolute Gasteiger partial charge is 0.264 e. The summed E-state index contributed by atoms with van der Waals surface area (Å²) >= 11 is 1.42. The van der Waals surface area contributed by atoms with E-state index in [-0.39, 0.29) is 29.3 Å². The number of aromatic amines is 1. The average molecular weight is 439 g/mol. The topological polar surface area (TPSA) is 86.4 Å². The van der Waals surface area contributed by atoms with Crippen molar-refractivity contribution in [2.45, 2.75) is 51.1 Å². The summed E-state index contributed by atoms with van der Waals surface area (Å²) in [7, 11) is 0. The minimum atomic E-state index is -0.195. The van der Waals surface area contributed by atoms with Gasteiger partial charge < -0.3 is 14.8 Å². The third-order valence-corrected chi connectivity index (χ3v) is 7.44. The molecule has 2 atom stereocenters. The summed E-state index contributed by atoms with van der Waals surface area (Å²) in [6, 6.07) is 3.49. The number of aromatic nitrogens is 2. The second-order valence-electron chi connectivity index (χ2n) is 8.50. The Bertz CT molecular complexity index is 1070. The van der Waals surface area contributed by atoms with Crippen molar-refractivity contribution in [3.05, 3.63) is 62.0 Å². The van der Waals surface area contributed by atoms with Crippen LogP contribution in [-0.2, 0) is 17.8 Å². The number of hydrogen-bond acceptors (Lipinski definition) is 5. The molecule has 0 saturated carbocycles. The molecule has 162 valence electrons. The van der Waals surface area contributed by atoms with E-state index in [0.717, 1.165) is 32.1 Å². The van der Waals surface area contributed by atoms with Crippen molar-refractivity contribution in [1.29, 1.82) is 0 Å². The summed E-state index contributed by atoms with van der Waals surface area (Å²) in [5.41, 5.74) is 1.19. The number of rotatable bonds is 3. The average Bonchev–Trinajstić information content (AvgIpc) is 3.50. The van der Waals surface area contributed by atoms with Gasteiger partial charge in [-0.05, 0) is 50.0 Å². The van der Waals surface area contributed by atoms with Crippen LogP contribution in [-0.4, -0.2) is 44.7 Å². The molecule has 0 spiro atoms. The van der Waals surface area contributed by atoms with Crippen molar-refractivity contribution in [3.8, 4) is 0 Å². The van der Waals surface area contributed by atoms with Gasteiger partial charge in [0.25, 0.3) is 11.5 Å². The molecular weight excluding hydrogens is 412 g/mol. The standard InChI is InChI=1S/C23H26N4O3S/c28-21-16-10-12-26(23(30)19-9-5-13-31-19)14-17(16)24-20(25-21)18-8-4-11-27(18)22(29)15-6-2-1-3-7-15/h1-2,5,9,13,15,18H,3-4,6-8,10-12,14H2,(H,24,25,28)/t15-,18+/m1/s1. The monoisotopic (exact) mass is 438 g/mol. The van der Waals surface area contributed by atoms with Crippen LogP contribution in [0.5, 0.6) is 0 Å². The second kappa shape index (κ2) is 8.42. The lowest BCUT2D eigenvalue weighted by molar-refractivity contribution is -0.136. The van der Waals surface area contributed by atoms with Gasteiger partial charge in [-0.3, -0.25) is 14.4 Å². The molecule has 2 aromatic rings. The van der Waals surface area contributed by atoms with Crippen LogP contribution in [0, 0.1) is 5.92 Å². The Balaban J connectivity index is 1.39. The summed E-state index contributed by atoms with van der Waals surface area (Å²) < 4.78 is 0. The zero-order valence-electron chi connectivity index (χ0n) is 17.4. The van der Waals surface area contributed by atoms with Crippen LogP contribution in [0.15, 0.2) is 34.5 Å². The molecule has 2 aliphatic heterocycles. The van der Waals surface area contributed by atoms with Crippen LogP contribution in [0.1, 0.15) is 64.9 Å². The molecule has 31 heavy (non-hydrogen) atoms. The maximum Gasteiger partial charge on any atom is 0.264 e. The molecule has 1 saturated heterocycles. The Labute approximate surface area is 184 Å². The second-order valence-corrected chi connectivity index (χ2v) is 9.45. The molecule has 5 rings (SSSR count). The molecule has 8 heteroatoms. The van der Waals surface area contributed by atoms with Gasteiger partial charge in [0.1, 0.15) is 5.82 Å². The fourth-order valence-corrected chi connectivity index (χ4v) is 5.60. The normalized spacial score (nSPS) is 23.1. The largest absolute Gasteiger partial charge is 0.332 e. The number of hydrogen-bond donors (Lipinski definition) is 1. The van der Waals surface area contributed by atoms with Gasteiger partial charge >= 0.3 is 0 Å². The first-order valence-corrected chi connectivity index (χ1v) is 11.9. The summed E-state index contributed by atoms with van der Waals surface area (Å²) in [5.74, 6) is 0.731. The quantitative estimate of drug-likeness (QED) is 0.747. The third-order valence-electron chi connectivity index (χ3n) is 6.58. The molecule has 7 nitrogen and oxygen atoms in total. The first kappa shape index (κ1) is 20.2. The van der Waals surface area contributed by atoms with Crippen molar-refractivity contribution < 1.29 is 9.59 Å². The Kier molecular flexibility index (Phi) is 5.48. The van der Waals surface area contributed by atoms with Gasteiger partial charge in [-0.2, -0.15) is 0 Å². The van der Waals surface area contributed by atoms with Crippen LogP contribution in [0.25, 0.3) is 0 Å². The Morgan fingerprint density at radius 1 is 1.19 bits per heavy atom. The molecule has 2 aromatic heterocycles. The number of likely N-dealkylation sites (tertiary alicyclic amines) is 1. The van der Waals surface area contributed by atoms with Gasteiger partial charge in [0.05, 0.1) is 23.2 Å². The van der Waals surface area contributed by atoms with Crippen molar-refractivity contribution in [2.75, 3.05) is 13.1 Å². The van der Waals surface area contributed by atoms with E-state index in [1.54, 1.807) is 4.90 Å². The van der Waals surface area contributed by atoms with Gasteiger partial charge in [-0.1, -0.05) is 18.2 Å². The van der Waals surface area contributed by atoms with Crippen LogP contribution < -0.4 is 5.56 Å². The lowest BCUT2D eigenvalue weighted by Crippen LogP contribution is -2.41. The first-order valence-electron chi connectivity index (χ1n) is 11.0. The van der Waals surface area contributed by atoms with Crippen LogP contribution in [0.2, 0.25) is 0 Å². The SMILES string of the molecule is O=C(c1cccs1)N1CCc2c(nc([C@@H]3CCCN3C(=O)[C@@H]3CC=CCC3)[nH]c2=O)C1. The van der Waals surface area contributed by atoms with Crippen molar-refractivity contribution in [1.82, 2.24) is 19.8 Å². The maximum absolute atomic E-state index is 13.2. The lowest BCUT2D eigenvalue weighted by Gasteiger charge is -2.31. The van der Waals surface area contributed by atoms with Crippen LogP contribution in [0.4, 0.5) is 0 Å². The molecule has 3 aliphatic rings. The predicted octanol–water partition coefficient (Wildman–Crippen LogP) is 3.05. The molecule has 0 bridgehead atoms. The van der Waals surface area contributed by atoms with Gasteiger partial charge in [0.15, 0.2) is 0 Å². The number of thiophene rings is 1. The molecule has 0 unspecified atom stereocenters. The number of allylic oxidation sites excluding steroid dienone is 2. The van der Waals surface area contributed by atoms with Gasteiger partial charge in [-0.25, -0.2) is 4.98 Å². The Hall–Kier alpha value is -2.74. The van der Waals surface area contributed by atoms with Crippen molar-refractivity contribution >= 4 is 23.2 Å². The van der Waals surface area contributed by atoms with E-state index in [1.807, 2.05) is 22.4 Å². The van der Waals surface area contributed by atoms with E-state index in [9.17, 15) is 14.4 Å². The van der Waals surface area contributed by atoms with Crippen molar-refractivity contribution in [3.63, 3.8) is 0 Å². The summed E-state index contributed by atoms with van der Waals surface area (Å²) in [6.07, 6.45) is 9.04. The molecule has 1 N–H and O–H groups in total. The molecule has 1 fully saturated rings. The van der Waals surface area contributed by atoms with E-state index >= 15 is 0 Å². The number of carbonyl (C=O) groups excluding carboxylic acids is 2. The summed E-state index contributed by atoms with van der Waals surface area (Å²) in [5, 5.41) is 1.89. The molecule has 0 aromatic carbocycles. The molecule has 0 radical (unpaired) electrons. The fourth-order valence-electron chi connectivity index (χ4n) is 4.91. The number of nitrogens with zero attached hydrogens (tertiary/aromatic N) is 3. The maximum atomic E-state index is 13.2. The highest BCUT2D eigenvalue weighted by molar-refractivity contribution is 7.12. The van der Waals surface area contributed by atoms with Crippen LogP contribution in [0.3, 0.4) is 0 Å². The van der Waals surface area contributed by atoms with Gasteiger partial charge in [0, 0.05) is 24.6 Å². The van der Waals surface area contributed by atoms with Crippen LogP contribution >= 0.6 is 11.3 Å². The number of amides is 2. The molecule has 2 amide bonds. The highest BCUT2D eigenvalue weighted by Gasteiger charge is 2.36. The van der Waals surface area contributed by atoms with E-state index in [0.29, 0.717) is 48.0 Å². The highest BCUT2D eigenvalue weighted by atomic mass is 32.1. The van der Waals surface area contributed by atoms with E-state index in [1.165, 1.54) is 11.3 Å². The highest BCUT2D eigenvalue weighted by Crippen LogP contribution is 2.33. The minimum absolute atomic E-state index is 0.0210. The Morgan fingerprint density at radius 2 is 2.10 bits per heavy atom. The van der Waals surface area contributed by atoms with E-state index in [4.69, 9.17) is 4.98 Å². The third kappa shape index (κ3) is 3.84. The van der Waals surface area contributed by atoms with Gasteiger partial charge in [0.2, 0.25) is 5.91 Å². The molecular formula is C23H26N4O3S. The minimum Gasteiger partial charge on any atom is -0.332 e. The number of H-pyrrole nitrogens is 1. The number of carbonyl (C=O) groups is 2. The zero-order valence-corrected chi connectivity index (χ0v) is 18.2. The molecule has 1 aliphatic carbocycles. The summed E-state index contributed by atoms with van der Waals surface area (Å²) in [4.78, 5) is 50.9. The molecule has 4 heterocycles. The van der Waals surface area contributed by atoms with E-state index in [2.05, 4.69) is 17.1 Å².